The number of fused-ring (bicyclic) bond motifs is 1. The number of benzene rings is 2. The van der Waals surface area contributed by atoms with E-state index < -0.39 is 16.6 Å². The summed E-state index contributed by atoms with van der Waals surface area (Å²) >= 11 is 3.43. The standard InChI is InChI=1S/C19H17BrN2O4/c1-19(2,3)26-18(23)21-16(10-13-4-7-14(20)11-17(13)21)12-5-8-15(9-6-12)22(24)25/h4-11H,1-3H3. The zero-order valence-corrected chi connectivity index (χ0v) is 16.1. The van der Waals surface area contributed by atoms with Crippen molar-refractivity contribution in [1.82, 2.24) is 4.57 Å². The summed E-state index contributed by atoms with van der Waals surface area (Å²) < 4.78 is 7.88. The molecule has 134 valence electrons. The second-order valence-electron chi connectivity index (χ2n) is 6.85. The van der Waals surface area contributed by atoms with E-state index in [0.717, 1.165) is 9.86 Å². The second-order valence-corrected chi connectivity index (χ2v) is 7.77. The highest BCUT2D eigenvalue weighted by atomic mass is 79.9. The molecule has 2 aromatic carbocycles. The van der Waals surface area contributed by atoms with Gasteiger partial charge in [-0.2, -0.15) is 0 Å². The van der Waals surface area contributed by atoms with Crippen molar-refractivity contribution in [3.8, 4) is 11.3 Å². The predicted octanol–water partition coefficient (Wildman–Crippen LogP) is 5.76. The number of carbonyl (C=O) groups excluding carboxylic acids is 1. The van der Waals surface area contributed by atoms with Gasteiger partial charge in [0.05, 0.1) is 16.1 Å². The Morgan fingerprint density at radius 1 is 1.12 bits per heavy atom. The van der Waals surface area contributed by atoms with Crippen molar-refractivity contribution < 1.29 is 14.5 Å². The second kappa shape index (κ2) is 6.57. The van der Waals surface area contributed by atoms with E-state index in [9.17, 15) is 14.9 Å². The third kappa shape index (κ3) is 3.62. The van der Waals surface area contributed by atoms with Crippen molar-refractivity contribution in [2.45, 2.75) is 26.4 Å². The van der Waals surface area contributed by atoms with Crippen LogP contribution in [-0.2, 0) is 4.74 Å². The summed E-state index contributed by atoms with van der Waals surface area (Å²) in [6, 6.07) is 13.6. The van der Waals surface area contributed by atoms with Gasteiger partial charge >= 0.3 is 6.09 Å². The van der Waals surface area contributed by atoms with Gasteiger partial charge in [-0.1, -0.05) is 22.0 Å². The molecular weight excluding hydrogens is 400 g/mol. The van der Waals surface area contributed by atoms with E-state index in [2.05, 4.69) is 15.9 Å². The van der Waals surface area contributed by atoms with Gasteiger partial charge in [0.25, 0.3) is 5.69 Å². The minimum absolute atomic E-state index is 0.00331. The molecule has 0 unspecified atom stereocenters. The molecule has 0 saturated heterocycles. The molecule has 0 atom stereocenters. The molecule has 0 spiro atoms. The van der Waals surface area contributed by atoms with Crippen molar-refractivity contribution in [2.75, 3.05) is 0 Å². The Morgan fingerprint density at radius 3 is 2.35 bits per heavy atom. The van der Waals surface area contributed by atoms with Crippen LogP contribution in [0.2, 0.25) is 0 Å². The molecule has 6 nitrogen and oxygen atoms in total. The van der Waals surface area contributed by atoms with Crippen molar-refractivity contribution >= 4 is 38.6 Å². The number of non-ortho nitro benzene ring substituents is 1. The minimum Gasteiger partial charge on any atom is -0.443 e. The Hall–Kier alpha value is -2.67. The maximum atomic E-state index is 12.8. The van der Waals surface area contributed by atoms with Crippen LogP contribution in [0.1, 0.15) is 20.8 Å². The molecule has 7 heteroatoms. The third-order valence-corrected chi connectivity index (χ3v) is 4.21. The van der Waals surface area contributed by atoms with E-state index in [1.807, 2.05) is 24.3 Å². The number of nitro benzene ring substituents is 1. The number of rotatable bonds is 2. The Morgan fingerprint density at radius 2 is 1.77 bits per heavy atom. The molecule has 0 bridgehead atoms. The summed E-state index contributed by atoms with van der Waals surface area (Å²) in [7, 11) is 0. The molecule has 0 radical (unpaired) electrons. The number of hydrogen-bond acceptors (Lipinski definition) is 4. The highest BCUT2D eigenvalue weighted by Crippen LogP contribution is 2.32. The van der Waals surface area contributed by atoms with Crippen LogP contribution in [0, 0.1) is 10.1 Å². The Kier molecular flexibility index (Phi) is 4.58. The quantitative estimate of drug-likeness (QED) is 0.392. The van der Waals surface area contributed by atoms with Gasteiger partial charge in [-0.05, 0) is 56.7 Å². The molecule has 0 aliphatic rings. The fraction of sp³-hybridized carbons (Fsp3) is 0.211. The molecule has 0 N–H and O–H groups in total. The molecule has 0 saturated carbocycles. The lowest BCUT2D eigenvalue weighted by molar-refractivity contribution is -0.384. The molecule has 26 heavy (non-hydrogen) atoms. The summed E-state index contributed by atoms with van der Waals surface area (Å²) in [6.45, 7) is 5.41. The lowest BCUT2D eigenvalue weighted by Gasteiger charge is -2.21. The van der Waals surface area contributed by atoms with E-state index >= 15 is 0 Å². The van der Waals surface area contributed by atoms with E-state index in [4.69, 9.17) is 4.74 Å². The van der Waals surface area contributed by atoms with Crippen molar-refractivity contribution in [2.24, 2.45) is 0 Å². The first-order chi connectivity index (χ1) is 12.2. The van der Waals surface area contributed by atoms with Crippen molar-refractivity contribution in [3.63, 3.8) is 0 Å². The van der Waals surface area contributed by atoms with Crippen molar-refractivity contribution in [1.29, 1.82) is 0 Å². The molecule has 0 fully saturated rings. The molecule has 1 aromatic heterocycles. The van der Waals surface area contributed by atoms with Crippen LogP contribution < -0.4 is 0 Å². The summed E-state index contributed by atoms with van der Waals surface area (Å²) in [6.07, 6.45) is -0.501. The number of aromatic nitrogens is 1. The molecule has 0 aliphatic heterocycles. The number of hydrogen-bond donors (Lipinski definition) is 0. The maximum Gasteiger partial charge on any atom is 0.419 e. The fourth-order valence-electron chi connectivity index (χ4n) is 2.64. The zero-order chi connectivity index (χ0) is 19.1. The van der Waals surface area contributed by atoms with Gasteiger partial charge in [-0.15, -0.1) is 0 Å². The summed E-state index contributed by atoms with van der Waals surface area (Å²) in [4.78, 5) is 23.3. The molecule has 3 rings (SSSR count). The van der Waals surface area contributed by atoms with Gasteiger partial charge in [0.2, 0.25) is 0 Å². The van der Waals surface area contributed by atoms with Crippen LogP contribution in [0.25, 0.3) is 22.2 Å². The monoisotopic (exact) mass is 416 g/mol. The maximum absolute atomic E-state index is 12.8. The smallest absolute Gasteiger partial charge is 0.419 e. The molecule has 1 heterocycles. The van der Waals surface area contributed by atoms with E-state index in [0.29, 0.717) is 16.8 Å². The molecular formula is C19H17BrN2O4. The van der Waals surface area contributed by atoms with Gasteiger partial charge < -0.3 is 4.74 Å². The van der Waals surface area contributed by atoms with Crippen molar-refractivity contribution in [3.05, 3.63) is 63.1 Å². The molecule has 0 amide bonds. The van der Waals surface area contributed by atoms with Crippen LogP contribution in [0.4, 0.5) is 10.5 Å². The SMILES string of the molecule is CC(C)(C)OC(=O)n1c(-c2ccc([N+](=O)[O-])cc2)cc2ccc(Br)cc21. The number of halogens is 1. The topological polar surface area (TPSA) is 74.4 Å². The van der Waals surface area contributed by atoms with Crippen LogP contribution in [-0.4, -0.2) is 21.2 Å². The summed E-state index contributed by atoms with van der Waals surface area (Å²) in [5, 5.41) is 11.7. The number of nitro groups is 1. The Labute approximate surface area is 158 Å². The van der Waals surface area contributed by atoms with Gasteiger partial charge in [0.1, 0.15) is 5.60 Å². The molecule has 0 aliphatic carbocycles. The normalized spacial score (nSPS) is 11.5. The number of nitrogens with zero attached hydrogens (tertiary/aromatic N) is 2. The first-order valence-electron chi connectivity index (χ1n) is 7.95. The van der Waals surface area contributed by atoms with Gasteiger partial charge in [0.15, 0.2) is 0 Å². The van der Waals surface area contributed by atoms with Gasteiger partial charge in [0, 0.05) is 22.0 Å². The van der Waals surface area contributed by atoms with Crippen LogP contribution in [0.5, 0.6) is 0 Å². The van der Waals surface area contributed by atoms with Gasteiger partial charge in [-0.25, -0.2) is 9.36 Å². The van der Waals surface area contributed by atoms with Crippen LogP contribution in [0.15, 0.2) is 53.0 Å². The first kappa shape index (κ1) is 18.1. The largest absolute Gasteiger partial charge is 0.443 e. The van der Waals surface area contributed by atoms with E-state index in [1.54, 1.807) is 32.9 Å². The number of ether oxygens (including phenoxy) is 1. The van der Waals surface area contributed by atoms with Crippen LogP contribution in [0.3, 0.4) is 0 Å². The van der Waals surface area contributed by atoms with Gasteiger partial charge in [-0.3, -0.25) is 10.1 Å². The average Bonchev–Trinajstić information content (AvgIpc) is 2.92. The van der Waals surface area contributed by atoms with Crippen LogP contribution >= 0.6 is 15.9 Å². The Balaban J connectivity index is 2.19. The minimum atomic E-state index is -0.646. The zero-order valence-electron chi connectivity index (χ0n) is 14.5. The molecule has 3 aromatic rings. The third-order valence-electron chi connectivity index (χ3n) is 3.72. The highest BCUT2D eigenvalue weighted by molar-refractivity contribution is 9.10. The summed E-state index contributed by atoms with van der Waals surface area (Å²) in [5.74, 6) is 0. The van der Waals surface area contributed by atoms with E-state index in [1.165, 1.54) is 16.7 Å². The van der Waals surface area contributed by atoms with E-state index in [-0.39, 0.29) is 5.69 Å². The lowest BCUT2D eigenvalue weighted by Crippen LogP contribution is -2.27. The summed E-state index contributed by atoms with van der Waals surface area (Å²) in [5.41, 5.74) is 1.35. The average molecular weight is 417 g/mol. The Bertz CT molecular complexity index is 1000. The highest BCUT2D eigenvalue weighted by Gasteiger charge is 2.23. The fourth-order valence-corrected chi connectivity index (χ4v) is 2.99. The predicted molar refractivity (Wildman–Crippen MR) is 103 cm³/mol. The number of carbonyl (C=O) groups is 1. The lowest BCUT2D eigenvalue weighted by atomic mass is 10.1. The first-order valence-corrected chi connectivity index (χ1v) is 8.74.